The summed E-state index contributed by atoms with van der Waals surface area (Å²) in [4.78, 5) is 24.2. The van der Waals surface area contributed by atoms with Crippen molar-refractivity contribution in [1.82, 2.24) is 0 Å². The molecule has 0 saturated carbocycles. The van der Waals surface area contributed by atoms with Gasteiger partial charge in [0.05, 0.1) is 12.7 Å². The molecule has 0 aliphatic rings. The van der Waals surface area contributed by atoms with E-state index in [0.717, 1.165) is 50.9 Å². The Morgan fingerprint density at radius 1 is 0.646 bits per heavy atom. The van der Waals surface area contributed by atoms with Gasteiger partial charge in [0, 0.05) is 12.8 Å². The van der Waals surface area contributed by atoms with Crippen molar-refractivity contribution in [2.45, 2.75) is 161 Å². The fraction of sp³-hybridized carbons (Fsp3) is 0.667. The zero-order chi connectivity index (χ0) is 35.3. The van der Waals surface area contributed by atoms with Crippen LogP contribution in [-0.4, -0.2) is 47.6 Å². The molecule has 6 heteroatoms. The quantitative estimate of drug-likeness (QED) is 0.0320. The van der Waals surface area contributed by atoms with Crippen molar-refractivity contribution in [2.75, 3.05) is 13.2 Å². The summed E-state index contributed by atoms with van der Waals surface area (Å²) in [6, 6.07) is 0. The first-order valence-corrected chi connectivity index (χ1v) is 19.0. The molecule has 0 aromatic rings. The van der Waals surface area contributed by atoms with Gasteiger partial charge in [-0.05, 0) is 50.9 Å². The van der Waals surface area contributed by atoms with E-state index in [1.54, 1.807) is 6.08 Å². The van der Waals surface area contributed by atoms with Gasteiger partial charge in [0.2, 0.25) is 0 Å². The van der Waals surface area contributed by atoms with Gasteiger partial charge in [-0.2, -0.15) is 0 Å². The number of ether oxygens (including phenoxy) is 2. The topological polar surface area (TPSA) is 93.1 Å². The summed E-state index contributed by atoms with van der Waals surface area (Å²) in [5, 5.41) is 19.6. The summed E-state index contributed by atoms with van der Waals surface area (Å²) < 4.78 is 10.5. The molecule has 0 radical (unpaired) electrons. The molecule has 0 bridgehead atoms. The first-order valence-electron chi connectivity index (χ1n) is 19.0. The molecular formula is C42H70O6. The third-order valence-corrected chi connectivity index (χ3v) is 7.79. The Bertz CT molecular complexity index is 926. The second-order valence-corrected chi connectivity index (χ2v) is 13.0. The van der Waals surface area contributed by atoms with Crippen molar-refractivity contribution >= 4 is 11.9 Å². The largest absolute Gasteiger partial charge is 0.462 e. The van der Waals surface area contributed by atoms with Crippen LogP contribution in [0.1, 0.15) is 149 Å². The van der Waals surface area contributed by atoms with Gasteiger partial charge < -0.3 is 19.7 Å². The minimum absolute atomic E-state index is 0.149. The average molecular weight is 671 g/mol. The molecule has 0 heterocycles. The van der Waals surface area contributed by atoms with Gasteiger partial charge in [-0.3, -0.25) is 9.59 Å². The van der Waals surface area contributed by atoms with Crippen LogP contribution in [0.4, 0.5) is 0 Å². The lowest BCUT2D eigenvalue weighted by atomic mass is 10.0. The number of aliphatic hydroxyl groups excluding tert-OH is 2. The molecule has 48 heavy (non-hydrogen) atoms. The van der Waals surface area contributed by atoms with Crippen molar-refractivity contribution in [3.05, 3.63) is 72.9 Å². The third-order valence-electron chi connectivity index (χ3n) is 7.79. The van der Waals surface area contributed by atoms with Crippen molar-refractivity contribution in [2.24, 2.45) is 5.92 Å². The molecule has 2 atom stereocenters. The van der Waals surface area contributed by atoms with Gasteiger partial charge in [-0.1, -0.05) is 164 Å². The van der Waals surface area contributed by atoms with E-state index in [4.69, 9.17) is 9.47 Å². The van der Waals surface area contributed by atoms with Gasteiger partial charge >= 0.3 is 11.9 Å². The molecule has 0 spiro atoms. The van der Waals surface area contributed by atoms with E-state index in [-0.39, 0.29) is 25.6 Å². The summed E-state index contributed by atoms with van der Waals surface area (Å²) in [6.45, 7) is 6.18. The van der Waals surface area contributed by atoms with Gasteiger partial charge in [0.1, 0.15) is 6.61 Å². The van der Waals surface area contributed by atoms with Gasteiger partial charge in [-0.15, -0.1) is 0 Å². The number of carbonyl (C=O) groups is 2. The minimum Gasteiger partial charge on any atom is -0.462 e. The molecule has 274 valence electrons. The van der Waals surface area contributed by atoms with Crippen LogP contribution in [0.15, 0.2) is 72.9 Å². The third kappa shape index (κ3) is 34.6. The normalized spacial score (nSPS) is 13.8. The smallest absolute Gasteiger partial charge is 0.306 e. The highest BCUT2D eigenvalue weighted by Gasteiger charge is 2.16. The Kier molecular flexibility index (Phi) is 33.6. The van der Waals surface area contributed by atoms with E-state index >= 15 is 0 Å². The summed E-state index contributed by atoms with van der Waals surface area (Å²) in [5.41, 5.74) is 0. The monoisotopic (exact) mass is 671 g/mol. The Labute approximate surface area is 294 Å². The van der Waals surface area contributed by atoms with Crippen molar-refractivity contribution < 1.29 is 29.3 Å². The highest BCUT2D eigenvalue weighted by Crippen LogP contribution is 2.14. The summed E-state index contributed by atoms with van der Waals surface area (Å²) in [7, 11) is 0. The standard InChI is InChI=1S/C42H70O6/c1-4-5-6-7-8-9-10-11-14-17-20-23-27-32-39(44)33-28-25-30-34-41(45)47-37-40(36-43)48-42(46)35-29-24-21-18-15-12-13-16-19-22-26-31-38(2)3/h5-6,8-9,11,14,20,23,25,27-28,32,38-40,43-44H,4,7,10,12-13,15-19,21-22,24,26,29-31,33-37H2,1-3H3/b6-5-,9-8-,14-11-,23-20-,28-25-,32-27-/t39?,40-/m0/s1. The van der Waals surface area contributed by atoms with Crippen LogP contribution in [0.2, 0.25) is 0 Å². The minimum atomic E-state index is -0.838. The van der Waals surface area contributed by atoms with Crippen molar-refractivity contribution in [3.63, 3.8) is 0 Å². The van der Waals surface area contributed by atoms with E-state index in [1.807, 2.05) is 30.4 Å². The van der Waals surface area contributed by atoms with Crippen LogP contribution in [0.3, 0.4) is 0 Å². The molecule has 0 amide bonds. The van der Waals surface area contributed by atoms with Crippen LogP contribution in [0, 0.1) is 5.92 Å². The van der Waals surface area contributed by atoms with Gasteiger partial charge in [0.25, 0.3) is 0 Å². The summed E-state index contributed by atoms with van der Waals surface area (Å²) in [6.07, 6.45) is 42.8. The molecule has 0 aromatic heterocycles. The number of aliphatic hydroxyl groups is 2. The zero-order valence-electron chi connectivity index (χ0n) is 30.7. The zero-order valence-corrected chi connectivity index (χ0v) is 30.7. The average Bonchev–Trinajstić information content (AvgIpc) is 3.06. The van der Waals surface area contributed by atoms with Crippen molar-refractivity contribution in [1.29, 1.82) is 0 Å². The lowest BCUT2D eigenvalue weighted by molar-refractivity contribution is -0.161. The first-order chi connectivity index (χ1) is 23.4. The van der Waals surface area contributed by atoms with Gasteiger partial charge in [-0.25, -0.2) is 0 Å². The number of allylic oxidation sites excluding steroid dienone is 10. The highest BCUT2D eigenvalue weighted by atomic mass is 16.6. The van der Waals surface area contributed by atoms with E-state index in [9.17, 15) is 19.8 Å². The number of rotatable bonds is 32. The van der Waals surface area contributed by atoms with Gasteiger partial charge in [0.15, 0.2) is 6.10 Å². The predicted octanol–water partition coefficient (Wildman–Crippen LogP) is 10.6. The fourth-order valence-electron chi connectivity index (χ4n) is 4.91. The molecule has 0 saturated heterocycles. The van der Waals surface area contributed by atoms with Crippen molar-refractivity contribution in [3.8, 4) is 0 Å². The Morgan fingerprint density at radius 3 is 1.79 bits per heavy atom. The van der Waals surface area contributed by atoms with E-state index < -0.39 is 18.2 Å². The maximum atomic E-state index is 12.1. The molecule has 0 rings (SSSR count). The second-order valence-electron chi connectivity index (χ2n) is 13.0. The van der Waals surface area contributed by atoms with E-state index in [1.165, 1.54) is 57.8 Å². The predicted molar refractivity (Wildman–Crippen MR) is 202 cm³/mol. The number of hydrogen-bond acceptors (Lipinski definition) is 6. The molecule has 2 N–H and O–H groups in total. The summed E-state index contributed by atoms with van der Waals surface area (Å²) >= 11 is 0. The molecular weight excluding hydrogens is 600 g/mol. The second kappa shape index (κ2) is 35.6. The SMILES string of the molecule is CC/C=C\C/C=C\C/C=C\C/C=C\C=C/C(O)C/C=C\CCC(=O)OC[C@H](CO)OC(=O)CCCCCCCCCCCCCC(C)C. The number of hydrogen-bond donors (Lipinski definition) is 2. The Balaban J connectivity index is 3.83. The number of carbonyl (C=O) groups excluding carboxylic acids is 2. The first kappa shape index (κ1) is 45.3. The lowest BCUT2D eigenvalue weighted by Gasteiger charge is -2.15. The Hall–Kier alpha value is -2.70. The van der Waals surface area contributed by atoms with E-state index in [0.29, 0.717) is 19.3 Å². The maximum absolute atomic E-state index is 12.1. The molecule has 0 aliphatic carbocycles. The Morgan fingerprint density at radius 2 is 1.21 bits per heavy atom. The highest BCUT2D eigenvalue weighted by molar-refractivity contribution is 5.70. The molecule has 1 unspecified atom stereocenters. The van der Waals surface area contributed by atoms with Crippen LogP contribution < -0.4 is 0 Å². The molecule has 0 aromatic carbocycles. The maximum Gasteiger partial charge on any atom is 0.306 e. The van der Waals surface area contributed by atoms with Crippen LogP contribution in [-0.2, 0) is 19.1 Å². The number of esters is 2. The summed E-state index contributed by atoms with van der Waals surface area (Å²) in [5.74, 6) is 0.0434. The van der Waals surface area contributed by atoms with Crippen LogP contribution in [0.25, 0.3) is 0 Å². The molecule has 0 aliphatic heterocycles. The molecule has 6 nitrogen and oxygen atoms in total. The van der Waals surface area contributed by atoms with E-state index in [2.05, 4.69) is 57.2 Å². The number of unbranched alkanes of at least 4 members (excludes halogenated alkanes) is 10. The lowest BCUT2D eigenvalue weighted by Crippen LogP contribution is -2.28. The fourth-order valence-corrected chi connectivity index (χ4v) is 4.91. The molecule has 0 fully saturated rings. The van der Waals surface area contributed by atoms with Crippen LogP contribution in [0.5, 0.6) is 0 Å². The van der Waals surface area contributed by atoms with Crippen LogP contribution >= 0.6 is 0 Å².